The molecule has 1 aliphatic rings. The number of thioether (sulfide) groups is 2. The van der Waals surface area contributed by atoms with Gasteiger partial charge in [0, 0.05) is 31.1 Å². The first-order chi connectivity index (χ1) is 11.7. The van der Waals surface area contributed by atoms with Crippen molar-refractivity contribution in [2.75, 3.05) is 12.0 Å². The molecule has 1 saturated heterocycles. The second-order valence-corrected chi connectivity index (χ2v) is 7.24. The molecule has 122 valence electrons. The third-order valence-corrected chi connectivity index (χ3v) is 5.67. The summed E-state index contributed by atoms with van der Waals surface area (Å²) in [7, 11) is 0. The van der Waals surface area contributed by atoms with Gasteiger partial charge in [0.15, 0.2) is 0 Å². The number of nitrogens with zero attached hydrogens (tertiary/aromatic N) is 4. The van der Waals surface area contributed by atoms with E-state index in [4.69, 9.17) is 5.26 Å². The minimum absolute atomic E-state index is 0.125. The molecule has 7 heteroatoms. The van der Waals surface area contributed by atoms with Crippen molar-refractivity contribution in [3.63, 3.8) is 0 Å². The van der Waals surface area contributed by atoms with Crippen LogP contribution in [0, 0.1) is 11.3 Å². The normalized spacial score (nSPS) is 17.6. The number of amides is 1. The lowest BCUT2D eigenvalue weighted by Gasteiger charge is -2.35. The van der Waals surface area contributed by atoms with Gasteiger partial charge < -0.3 is 4.90 Å². The highest BCUT2D eigenvalue weighted by molar-refractivity contribution is 7.99. The topological polar surface area (TPSA) is 69.9 Å². The molecule has 0 spiro atoms. The Morgan fingerprint density at radius 2 is 2.33 bits per heavy atom. The van der Waals surface area contributed by atoms with E-state index in [2.05, 4.69) is 16.0 Å². The van der Waals surface area contributed by atoms with Crippen molar-refractivity contribution in [1.29, 1.82) is 5.26 Å². The van der Waals surface area contributed by atoms with Gasteiger partial charge in [-0.15, -0.1) is 23.5 Å². The number of aromatic nitrogens is 2. The predicted octanol–water partition coefficient (Wildman–Crippen LogP) is 3.23. The van der Waals surface area contributed by atoms with Gasteiger partial charge >= 0.3 is 0 Å². The van der Waals surface area contributed by atoms with E-state index in [9.17, 15) is 4.79 Å². The zero-order chi connectivity index (χ0) is 16.9. The van der Waals surface area contributed by atoms with Crippen LogP contribution in [0.1, 0.15) is 28.6 Å². The standard InChI is InChI=1S/C17H16N4OS2/c1-23-16-13(9-18)4-5-14(20-16)17-21(15(22)6-8-24-17)11-12-3-2-7-19-10-12/h2-5,7,10,17H,6,8,11H2,1H3. The van der Waals surface area contributed by atoms with Crippen molar-refractivity contribution >= 4 is 29.4 Å². The second kappa shape index (κ2) is 7.69. The summed E-state index contributed by atoms with van der Waals surface area (Å²) in [6.45, 7) is 0.515. The number of hydrogen-bond acceptors (Lipinski definition) is 6. The average Bonchev–Trinajstić information content (AvgIpc) is 2.63. The Morgan fingerprint density at radius 1 is 1.46 bits per heavy atom. The maximum atomic E-state index is 12.5. The van der Waals surface area contributed by atoms with Crippen LogP contribution < -0.4 is 0 Å². The highest BCUT2D eigenvalue weighted by Crippen LogP contribution is 2.38. The van der Waals surface area contributed by atoms with Gasteiger partial charge in [-0.1, -0.05) is 6.07 Å². The summed E-state index contributed by atoms with van der Waals surface area (Å²) in [5, 5.41) is 9.73. The van der Waals surface area contributed by atoms with E-state index < -0.39 is 0 Å². The number of carbonyl (C=O) groups excluding carboxylic acids is 1. The lowest BCUT2D eigenvalue weighted by atomic mass is 10.2. The first-order valence-corrected chi connectivity index (χ1v) is 9.75. The predicted molar refractivity (Wildman–Crippen MR) is 95.3 cm³/mol. The quantitative estimate of drug-likeness (QED) is 0.783. The van der Waals surface area contributed by atoms with E-state index >= 15 is 0 Å². The molecule has 0 radical (unpaired) electrons. The van der Waals surface area contributed by atoms with Gasteiger partial charge in [-0.25, -0.2) is 4.98 Å². The summed E-state index contributed by atoms with van der Waals surface area (Å²) in [6.07, 6.45) is 5.94. The van der Waals surface area contributed by atoms with Gasteiger partial charge in [0.25, 0.3) is 0 Å². The van der Waals surface area contributed by atoms with Crippen molar-refractivity contribution in [2.24, 2.45) is 0 Å². The van der Waals surface area contributed by atoms with Gasteiger partial charge in [-0.2, -0.15) is 5.26 Å². The van der Waals surface area contributed by atoms with Crippen molar-refractivity contribution in [1.82, 2.24) is 14.9 Å². The van der Waals surface area contributed by atoms with Crippen LogP contribution in [0.15, 0.2) is 41.7 Å². The Balaban J connectivity index is 1.92. The van der Waals surface area contributed by atoms with Crippen molar-refractivity contribution in [3.05, 3.63) is 53.5 Å². The summed E-state index contributed by atoms with van der Waals surface area (Å²) in [6, 6.07) is 9.64. The molecule has 0 bridgehead atoms. The largest absolute Gasteiger partial charge is 0.321 e. The molecule has 1 atom stereocenters. The van der Waals surface area contributed by atoms with Crippen LogP contribution in [0.2, 0.25) is 0 Å². The third kappa shape index (κ3) is 3.55. The van der Waals surface area contributed by atoms with Crippen LogP contribution in [-0.2, 0) is 11.3 Å². The van der Waals surface area contributed by atoms with E-state index in [1.165, 1.54) is 11.8 Å². The fourth-order valence-corrected chi connectivity index (χ4v) is 4.28. The Kier molecular flexibility index (Phi) is 5.38. The van der Waals surface area contributed by atoms with E-state index in [1.807, 2.05) is 29.4 Å². The van der Waals surface area contributed by atoms with Gasteiger partial charge in [-0.3, -0.25) is 9.78 Å². The number of nitriles is 1. The van der Waals surface area contributed by atoms with E-state index in [-0.39, 0.29) is 11.3 Å². The van der Waals surface area contributed by atoms with Crippen LogP contribution in [0.25, 0.3) is 0 Å². The molecule has 1 aliphatic heterocycles. The Labute approximate surface area is 149 Å². The molecule has 0 aromatic carbocycles. The molecular formula is C17H16N4OS2. The number of rotatable bonds is 4. The summed E-state index contributed by atoms with van der Waals surface area (Å²) < 4.78 is 0. The fraction of sp³-hybridized carbons (Fsp3) is 0.294. The smallest absolute Gasteiger partial charge is 0.224 e. The van der Waals surface area contributed by atoms with Gasteiger partial charge in [-0.05, 0) is 30.0 Å². The van der Waals surface area contributed by atoms with Gasteiger partial charge in [0.2, 0.25) is 5.91 Å². The van der Waals surface area contributed by atoms with Crippen LogP contribution in [0.5, 0.6) is 0 Å². The minimum Gasteiger partial charge on any atom is -0.321 e. The lowest BCUT2D eigenvalue weighted by Crippen LogP contribution is -2.37. The van der Waals surface area contributed by atoms with Crippen LogP contribution in [0.4, 0.5) is 0 Å². The minimum atomic E-state index is -0.134. The molecular weight excluding hydrogens is 340 g/mol. The van der Waals surface area contributed by atoms with Crippen molar-refractivity contribution in [3.8, 4) is 6.07 Å². The third-order valence-electron chi connectivity index (χ3n) is 3.72. The molecule has 1 unspecified atom stereocenters. The average molecular weight is 356 g/mol. The van der Waals surface area contributed by atoms with E-state index in [1.54, 1.807) is 30.2 Å². The van der Waals surface area contributed by atoms with E-state index in [0.717, 1.165) is 17.0 Å². The number of pyridine rings is 2. The second-order valence-electron chi connectivity index (χ2n) is 5.26. The summed E-state index contributed by atoms with van der Waals surface area (Å²) >= 11 is 3.16. The van der Waals surface area contributed by atoms with Crippen molar-refractivity contribution < 1.29 is 4.79 Å². The highest BCUT2D eigenvalue weighted by Gasteiger charge is 2.31. The zero-order valence-electron chi connectivity index (χ0n) is 13.2. The lowest BCUT2D eigenvalue weighted by molar-refractivity contribution is -0.132. The molecule has 0 saturated carbocycles. The SMILES string of the molecule is CSc1nc(C2SCCC(=O)N2Cc2cccnc2)ccc1C#N. The Morgan fingerprint density at radius 3 is 3.04 bits per heavy atom. The molecule has 0 N–H and O–H groups in total. The Hall–Kier alpha value is -2.04. The molecule has 1 fully saturated rings. The van der Waals surface area contributed by atoms with Crippen LogP contribution in [-0.4, -0.2) is 32.8 Å². The molecule has 2 aromatic rings. The summed E-state index contributed by atoms with van der Waals surface area (Å²) in [5.41, 5.74) is 2.38. The van der Waals surface area contributed by atoms with Gasteiger partial charge in [0.05, 0.1) is 11.3 Å². The maximum Gasteiger partial charge on any atom is 0.224 e. The van der Waals surface area contributed by atoms with E-state index in [0.29, 0.717) is 23.6 Å². The summed E-state index contributed by atoms with van der Waals surface area (Å²) in [5.74, 6) is 0.906. The molecule has 2 aromatic heterocycles. The zero-order valence-corrected chi connectivity index (χ0v) is 14.8. The molecule has 24 heavy (non-hydrogen) atoms. The molecule has 0 aliphatic carbocycles. The molecule has 3 rings (SSSR count). The first kappa shape index (κ1) is 16.8. The van der Waals surface area contributed by atoms with Crippen LogP contribution in [0.3, 0.4) is 0 Å². The van der Waals surface area contributed by atoms with Gasteiger partial charge in [0.1, 0.15) is 16.5 Å². The molecule has 1 amide bonds. The molecule has 3 heterocycles. The first-order valence-electron chi connectivity index (χ1n) is 7.48. The monoisotopic (exact) mass is 356 g/mol. The van der Waals surface area contributed by atoms with Crippen molar-refractivity contribution in [2.45, 2.75) is 23.4 Å². The number of carbonyl (C=O) groups is 1. The highest BCUT2D eigenvalue weighted by atomic mass is 32.2. The maximum absolute atomic E-state index is 12.5. The number of hydrogen-bond donors (Lipinski definition) is 0. The van der Waals surface area contributed by atoms with Crippen LogP contribution >= 0.6 is 23.5 Å². The Bertz CT molecular complexity index is 776. The fourth-order valence-electron chi connectivity index (χ4n) is 2.56. The summed E-state index contributed by atoms with van der Waals surface area (Å²) in [4.78, 5) is 23.1. The molecule has 5 nitrogen and oxygen atoms in total.